The zero-order valence-corrected chi connectivity index (χ0v) is 10.8. The van der Waals surface area contributed by atoms with Gasteiger partial charge in [0.1, 0.15) is 5.82 Å². The fraction of sp³-hybridized carbons (Fsp3) is 0.500. The molecule has 1 aromatic carbocycles. The standard InChI is InChI=1S/C14H18FN3O/c15-11-3-5-12(6-4-11)18-13(8-17-14(18)16)10-2-1-7-19-9-10/h3-6,10,13H,1-2,7-9H2,(H2,16,17). The molecule has 1 fully saturated rings. The molecular weight excluding hydrogens is 245 g/mol. The van der Waals surface area contributed by atoms with Crippen molar-refractivity contribution in [1.82, 2.24) is 0 Å². The number of rotatable bonds is 2. The summed E-state index contributed by atoms with van der Waals surface area (Å²) in [7, 11) is 0. The zero-order valence-electron chi connectivity index (χ0n) is 10.8. The minimum atomic E-state index is -0.240. The summed E-state index contributed by atoms with van der Waals surface area (Å²) < 4.78 is 18.6. The Morgan fingerprint density at radius 2 is 2.11 bits per heavy atom. The lowest BCUT2D eigenvalue weighted by Gasteiger charge is -2.34. The van der Waals surface area contributed by atoms with Crippen LogP contribution in [-0.2, 0) is 4.74 Å². The lowest BCUT2D eigenvalue weighted by atomic mass is 9.93. The fourth-order valence-corrected chi connectivity index (χ4v) is 2.87. The van der Waals surface area contributed by atoms with Crippen LogP contribution in [0.15, 0.2) is 29.3 Å². The maximum absolute atomic E-state index is 13.0. The van der Waals surface area contributed by atoms with Gasteiger partial charge in [-0.05, 0) is 37.1 Å². The van der Waals surface area contributed by atoms with Crippen molar-refractivity contribution >= 4 is 11.6 Å². The van der Waals surface area contributed by atoms with Crippen LogP contribution in [0.3, 0.4) is 0 Å². The van der Waals surface area contributed by atoms with E-state index in [-0.39, 0.29) is 11.9 Å². The van der Waals surface area contributed by atoms with Gasteiger partial charge < -0.3 is 15.4 Å². The van der Waals surface area contributed by atoms with E-state index in [1.54, 1.807) is 12.1 Å². The second-order valence-electron chi connectivity index (χ2n) is 5.09. The molecule has 5 heteroatoms. The van der Waals surface area contributed by atoms with Crippen LogP contribution in [0.2, 0.25) is 0 Å². The topological polar surface area (TPSA) is 50.9 Å². The molecular formula is C14H18FN3O. The number of hydrogen-bond acceptors (Lipinski definition) is 4. The third-order valence-electron chi connectivity index (χ3n) is 3.86. The van der Waals surface area contributed by atoms with Crippen molar-refractivity contribution in [2.24, 2.45) is 16.6 Å². The molecule has 2 aliphatic rings. The zero-order chi connectivity index (χ0) is 13.2. The van der Waals surface area contributed by atoms with Gasteiger partial charge in [0.2, 0.25) is 0 Å². The Kier molecular flexibility index (Phi) is 3.38. The van der Waals surface area contributed by atoms with Gasteiger partial charge in [-0.25, -0.2) is 4.39 Å². The lowest BCUT2D eigenvalue weighted by Crippen LogP contribution is -2.47. The summed E-state index contributed by atoms with van der Waals surface area (Å²) in [4.78, 5) is 6.36. The van der Waals surface area contributed by atoms with E-state index in [2.05, 4.69) is 4.99 Å². The summed E-state index contributed by atoms with van der Waals surface area (Å²) in [6, 6.07) is 6.63. The van der Waals surface area contributed by atoms with Crippen molar-refractivity contribution in [1.29, 1.82) is 0 Å². The molecule has 19 heavy (non-hydrogen) atoms. The number of halogens is 1. The minimum absolute atomic E-state index is 0.228. The molecule has 0 aliphatic carbocycles. The summed E-state index contributed by atoms with van der Waals surface area (Å²) in [5.74, 6) is 0.710. The average Bonchev–Trinajstić information content (AvgIpc) is 2.83. The Morgan fingerprint density at radius 1 is 1.32 bits per heavy atom. The number of nitrogens with two attached hydrogens (primary N) is 1. The van der Waals surface area contributed by atoms with Crippen molar-refractivity contribution in [3.8, 4) is 0 Å². The number of benzene rings is 1. The van der Waals surface area contributed by atoms with Gasteiger partial charge in [-0.15, -0.1) is 0 Å². The molecule has 1 saturated heterocycles. The first-order valence-corrected chi connectivity index (χ1v) is 6.68. The number of nitrogens with zero attached hydrogens (tertiary/aromatic N) is 2. The molecule has 0 spiro atoms. The molecule has 2 aliphatic heterocycles. The van der Waals surface area contributed by atoms with Crippen molar-refractivity contribution in [3.05, 3.63) is 30.1 Å². The molecule has 0 saturated carbocycles. The molecule has 0 bridgehead atoms. The van der Waals surface area contributed by atoms with Gasteiger partial charge in [0, 0.05) is 18.2 Å². The number of hydrogen-bond donors (Lipinski definition) is 1. The highest BCUT2D eigenvalue weighted by atomic mass is 19.1. The van der Waals surface area contributed by atoms with Crippen molar-refractivity contribution in [2.75, 3.05) is 24.7 Å². The van der Waals surface area contributed by atoms with Crippen molar-refractivity contribution < 1.29 is 9.13 Å². The second kappa shape index (κ2) is 5.17. The third-order valence-corrected chi connectivity index (χ3v) is 3.86. The second-order valence-corrected chi connectivity index (χ2v) is 5.09. The monoisotopic (exact) mass is 263 g/mol. The molecule has 2 atom stereocenters. The van der Waals surface area contributed by atoms with E-state index in [9.17, 15) is 4.39 Å². The van der Waals surface area contributed by atoms with Crippen LogP contribution in [0.5, 0.6) is 0 Å². The van der Waals surface area contributed by atoms with E-state index in [0.717, 1.165) is 31.7 Å². The van der Waals surface area contributed by atoms with Crippen LogP contribution in [0.1, 0.15) is 12.8 Å². The summed E-state index contributed by atoms with van der Waals surface area (Å²) in [5.41, 5.74) is 6.89. The molecule has 2 N–H and O–H groups in total. The van der Waals surface area contributed by atoms with E-state index < -0.39 is 0 Å². The predicted molar refractivity (Wildman–Crippen MR) is 72.7 cm³/mol. The average molecular weight is 263 g/mol. The summed E-state index contributed by atoms with van der Waals surface area (Å²) in [5, 5.41) is 0. The first kappa shape index (κ1) is 12.4. The molecule has 4 nitrogen and oxygen atoms in total. The Hall–Kier alpha value is -1.62. The Morgan fingerprint density at radius 3 is 2.79 bits per heavy atom. The summed E-state index contributed by atoms with van der Waals surface area (Å²) in [6.45, 7) is 2.29. The van der Waals surface area contributed by atoms with Crippen LogP contribution < -0.4 is 10.6 Å². The van der Waals surface area contributed by atoms with Crippen LogP contribution in [0.4, 0.5) is 10.1 Å². The Bertz CT molecular complexity index is 468. The van der Waals surface area contributed by atoms with Gasteiger partial charge in [0.15, 0.2) is 5.96 Å². The van der Waals surface area contributed by atoms with Crippen LogP contribution >= 0.6 is 0 Å². The molecule has 2 heterocycles. The molecule has 1 aromatic rings. The molecule has 0 aromatic heterocycles. The summed E-state index contributed by atoms with van der Waals surface area (Å²) >= 11 is 0. The molecule has 3 rings (SSSR count). The van der Waals surface area contributed by atoms with Gasteiger partial charge in [-0.2, -0.15) is 0 Å². The Balaban J connectivity index is 1.83. The quantitative estimate of drug-likeness (QED) is 0.884. The minimum Gasteiger partial charge on any atom is -0.381 e. The SMILES string of the molecule is NC1=NCC(C2CCCOC2)N1c1ccc(F)cc1. The molecule has 102 valence electrons. The first-order chi connectivity index (χ1) is 9.25. The lowest BCUT2D eigenvalue weighted by molar-refractivity contribution is 0.0473. The van der Waals surface area contributed by atoms with Gasteiger partial charge in [0.05, 0.1) is 19.2 Å². The van der Waals surface area contributed by atoms with Crippen LogP contribution in [-0.4, -0.2) is 31.8 Å². The van der Waals surface area contributed by atoms with Gasteiger partial charge in [-0.1, -0.05) is 0 Å². The number of anilines is 1. The fourth-order valence-electron chi connectivity index (χ4n) is 2.87. The molecule has 0 radical (unpaired) electrons. The maximum atomic E-state index is 13.0. The first-order valence-electron chi connectivity index (χ1n) is 6.68. The maximum Gasteiger partial charge on any atom is 0.196 e. The van der Waals surface area contributed by atoms with Gasteiger partial charge in [0.25, 0.3) is 0 Å². The highest BCUT2D eigenvalue weighted by Crippen LogP contribution is 2.29. The van der Waals surface area contributed by atoms with Crippen molar-refractivity contribution in [3.63, 3.8) is 0 Å². The number of aliphatic imine (C=N–C) groups is 1. The third kappa shape index (κ3) is 2.42. The van der Waals surface area contributed by atoms with E-state index in [1.807, 2.05) is 4.90 Å². The molecule has 2 unspecified atom stereocenters. The van der Waals surface area contributed by atoms with Gasteiger partial charge >= 0.3 is 0 Å². The number of ether oxygens (including phenoxy) is 1. The van der Waals surface area contributed by atoms with Crippen molar-refractivity contribution in [2.45, 2.75) is 18.9 Å². The van der Waals surface area contributed by atoms with Crippen LogP contribution in [0, 0.1) is 11.7 Å². The van der Waals surface area contributed by atoms with E-state index in [1.165, 1.54) is 12.1 Å². The van der Waals surface area contributed by atoms with E-state index >= 15 is 0 Å². The normalized spacial score (nSPS) is 27.4. The van der Waals surface area contributed by atoms with E-state index in [0.29, 0.717) is 18.4 Å². The smallest absolute Gasteiger partial charge is 0.196 e. The highest BCUT2D eigenvalue weighted by molar-refractivity contribution is 5.97. The highest BCUT2D eigenvalue weighted by Gasteiger charge is 2.34. The number of guanidine groups is 1. The van der Waals surface area contributed by atoms with Crippen LogP contribution in [0.25, 0.3) is 0 Å². The predicted octanol–water partition coefficient (Wildman–Crippen LogP) is 1.76. The largest absolute Gasteiger partial charge is 0.381 e. The van der Waals surface area contributed by atoms with E-state index in [4.69, 9.17) is 10.5 Å². The Labute approximate surface area is 112 Å². The van der Waals surface area contributed by atoms with Gasteiger partial charge in [-0.3, -0.25) is 4.99 Å². The molecule has 0 amide bonds. The summed E-state index contributed by atoms with van der Waals surface area (Å²) in [6.07, 6.45) is 2.21.